The Hall–Kier alpha value is -1.99. The van der Waals surface area contributed by atoms with Gasteiger partial charge in [0.2, 0.25) is 0 Å². The maximum absolute atomic E-state index is 10.3. The number of hydrogen-bond acceptors (Lipinski definition) is 7. The van der Waals surface area contributed by atoms with E-state index in [0.717, 1.165) is 5.69 Å². The minimum Gasteiger partial charge on any atom is -1.00 e. The topological polar surface area (TPSA) is 224 Å². The molecule has 0 aliphatic heterocycles. The van der Waals surface area contributed by atoms with Gasteiger partial charge in [0.05, 0.1) is 19.2 Å². The second-order valence-corrected chi connectivity index (χ2v) is 4.70. The third-order valence-electron chi connectivity index (χ3n) is 2.60. The third kappa shape index (κ3) is 10.5. The monoisotopic (exact) mass is 371 g/mol. The van der Waals surface area contributed by atoms with E-state index in [2.05, 4.69) is 9.97 Å². The van der Waals surface area contributed by atoms with Crippen molar-refractivity contribution in [3.63, 3.8) is 0 Å². The molecule has 25 heavy (non-hydrogen) atoms. The number of aliphatic hydroxyl groups is 1. The third-order valence-corrected chi connectivity index (χ3v) is 2.60. The van der Waals surface area contributed by atoms with E-state index in [9.17, 15) is 19.2 Å². The van der Waals surface area contributed by atoms with Crippen molar-refractivity contribution in [2.75, 3.05) is 0 Å². The van der Waals surface area contributed by atoms with Crippen LogP contribution in [0.4, 0.5) is 0 Å². The van der Waals surface area contributed by atoms with E-state index in [1.807, 2.05) is 0 Å². The van der Waals surface area contributed by atoms with Gasteiger partial charge in [-0.3, -0.25) is 14.4 Å². The minimum atomic E-state index is -2.74. The zero-order valence-corrected chi connectivity index (χ0v) is 15.2. The smallest absolute Gasteiger partial charge is 1.00 e. The summed E-state index contributed by atoms with van der Waals surface area (Å²) in [6, 6.07) is -0.851. The number of carboxylic acid groups (broad SMARTS) is 4. The first-order chi connectivity index (χ1) is 11.0. The Bertz CT molecular complexity index is 581. The Morgan fingerprint density at radius 3 is 1.92 bits per heavy atom. The zero-order valence-electron chi connectivity index (χ0n) is 14.2. The van der Waals surface area contributed by atoms with Gasteiger partial charge in [0.15, 0.2) is 5.60 Å². The molecule has 0 bridgehead atoms. The Labute approximate surface area is 164 Å². The number of H-pyrrole nitrogens is 1. The Morgan fingerprint density at radius 1 is 1.16 bits per heavy atom. The van der Waals surface area contributed by atoms with Gasteiger partial charge in [-0.25, -0.2) is 9.78 Å². The molecule has 1 rings (SSSR count). The van der Waals surface area contributed by atoms with Crippen LogP contribution in [0.2, 0.25) is 0 Å². The number of aliphatic carboxylic acids is 4. The van der Waals surface area contributed by atoms with Crippen molar-refractivity contribution < 1.29 is 75.7 Å². The van der Waals surface area contributed by atoms with Gasteiger partial charge in [-0.05, 0) is 0 Å². The number of carboxylic acids is 4. The number of nitrogens with two attached hydrogens (primary N) is 1. The van der Waals surface area contributed by atoms with Crippen LogP contribution in [0.1, 0.15) is 20.0 Å². The fraction of sp³-hybridized carbons (Fsp3) is 0.417. The largest absolute Gasteiger partial charge is 1.00 e. The van der Waals surface area contributed by atoms with Crippen LogP contribution >= 0.6 is 0 Å². The number of hydrogen-bond donors (Lipinski definition) is 7. The molecular weight excluding hydrogens is 353 g/mol. The van der Waals surface area contributed by atoms with E-state index >= 15 is 0 Å². The summed E-state index contributed by atoms with van der Waals surface area (Å²) >= 11 is 0. The molecule has 0 aliphatic rings. The molecule has 0 radical (unpaired) electrons. The summed E-state index contributed by atoms with van der Waals surface area (Å²) in [6.45, 7) is 0. The summed E-state index contributed by atoms with van der Waals surface area (Å²) in [7, 11) is 0. The van der Waals surface area contributed by atoms with Gasteiger partial charge >= 0.3 is 53.4 Å². The molecule has 1 unspecified atom stereocenters. The molecule has 8 N–H and O–H groups in total. The molecule has 0 saturated carbocycles. The van der Waals surface area contributed by atoms with Crippen molar-refractivity contribution >= 4 is 23.9 Å². The molecule has 136 valence electrons. The predicted molar refractivity (Wildman–Crippen MR) is 76.1 cm³/mol. The summed E-state index contributed by atoms with van der Waals surface area (Å²) in [5, 5.41) is 42.2. The second kappa shape index (κ2) is 11.5. The van der Waals surface area contributed by atoms with E-state index < -0.39 is 48.4 Å². The first-order valence-electron chi connectivity index (χ1n) is 6.33. The van der Waals surface area contributed by atoms with Crippen LogP contribution in [0.15, 0.2) is 12.5 Å². The van der Waals surface area contributed by atoms with E-state index in [1.165, 1.54) is 6.33 Å². The molecule has 12 nitrogen and oxygen atoms in total. The van der Waals surface area contributed by atoms with Crippen LogP contribution in [-0.4, -0.2) is 71.0 Å². The van der Waals surface area contributed by atoms with Gasteiger partial charge in [0.1, 0.15) is 6.04 Å². The minimum absolute atomic E-state index is 0. The SMILES string of the molecule is NC(Cc1cnc[nH]1)C(=O)O.O=C(O)CC(O)(CC(=O)O)C(=O)O.[H-].[Na+]. The zero-order chi connectivity index (χ0) is 18.9. The van der Waals surface area contributed by atoms with Crippen molar-refractivity contribution in [2.45, 2.75) is 30.9 Å². The molecule has 0 aliphatic carbocycles. The van der Waals surface area contributed by atoms with E-state index in [4.69, 9.17) is 31.3 Å². The normalized spacial score (nSPS) is 11.3. The van der Waals surface area contributed by atoms with Crippen molar-refractivity contribution in [3.05, 3.63) is 18.2 Å². The predicted octanol–water partition coefficient (Wildman–Crippen LogP) is -4.77. The average Bonchev–Trinajstić information content (AvgIpc) is 2.90. The number of nitrogens with zero attached hydrogens (tertiary/aromatic N) is 1. The van der Waals surface area contributed by atoms with Crippen LogP contribution < -0.4 is 35.3 Å². The van der Waals surface area contributed by atoms with Gasteiger partial charge in [-0.2, -0.15) is 0 Å². The molecule has 1 aromatic heterocycles. The summed E-state index contributed by atoms with van der Waals surface area (Å²) in [5.74, 6) is -6.02. The molecular formula is C12H18N3NaO9. The first kappa shape index (κ1) is 25.3. The quantitative estimate of drug-likeness (QED) is 0.215. The Kier molecular flexibility index (Phi) is 11.7. The maximum atomic E-state index is 10.3. The van der Waals surface area contributed by atoms with Crippen LogP contribution in [0.3, 0.4) is 0 Å². The van der Waals surface area contributed by atoms with E-state index in [-0.39, 0.29) is 37.4 Å². The molecule has 0 spiro atoms. The summed E-state index contributed by atoms with van der Waals surface area (Å²) in [5.41, 5.74) is 3.26. The second-order valence-electron chi connectivity index (χ2n) is 4.70. The van der Waals surface area contributed by atoms with Crippen LogP contribution in [0.25, 0.3) is 0 Å². The molecule has 1 aromatic rings. The van der Waals surface area contributed by atoms with Crippen molar-refractivity contribution in [1.82, 2.24) is 9.97 Å². The van der Waals surface area contributed by atoms with Crippen molar-refractivity contribution in [3.8, 4) is 0 Å². The molecule has 0 fully saturated rings. The fourth-order valence-electron chi connectivity index (χ4n) is 1.43. The van der Waals surface area contributed by atoms with Crippen molar-refractivity contribution in [2.24, 2.45) is 5.73 Å². The maximum Gasteiger partial charge on any atom is 1.00 e. The fourth-order valence-corrected chi connectivity index (χ4v) is 1.43. The molecule has 0 amide bonds. The number of aromatic nitrogens is 2. The van der Waals surface area contributed by atoms with Crippen LogP contribution in [0, 0.1) is 0 Å². The van der Waals surface area contributed by atoms with Crippen molar-refractivity contribution in [1.29, 1.82) is 0 Å². The van der Waals surface area contributed by atoms with Gasteiger partial charge in [-0.15, -0.1) is 0 Å². The molecule has 13 heteroatoms. The Balaban J connectivity index is -0.000000381. The first-order valence-corrected chi connectivity index (χ1v) is 6.33. The van der Waals surface area contributed by atoms with Gasteiger partial charge < -0.3 is 37.7 Å². The van der Waals surface area contributed by atoms with Gasteiger partial charge in [-0.1, -0.05) is 0 Å². The Morgan fingerprint density at radius 2 is 1.64 bits per heavy atom. The molecule has 0 saturated heterocycles. The molecule has 0 aromatic carbocycles. The summed E-state index contributed by atoms with van der Waals surface area (Å²) < 4.78 is 0. The van der Waals surface area contributed by atoms with Gasteiger partial charge in [0.25, 0.3) is 0 Å². The number of carbonyl (C=O) groups is 4. The van der Waals surface area contributed by atoms with Gasteiger partial charge in [0, 0.05) is 18.3 Å². The standard InChI is InChI=1S/C6H9N3O2.C6H8O7.Na.H/c7-5(6(10)11)1-4-2-8-3-9-4;7-3(8)1-6(13,5(11)12)2-4(9)10;;/h2-3,5H,1,7H2,(H,8,9)(H,10,11);13H,1-2H2,(H,7,8)(H,9,10)(H,11,12);;/q;;+1;-1. The molecule has 1 atom stereocenters. The summed E-state index contributed by atoms with van der Waals surface area (Å²) in [6.07, 6.45) is 1.05. The van der Waals surface area contributed by atoms with Crippen LogP contribution in [0.5, 0.6) is 0 Å². The average molecular weight is 371 g/mol. The summed E-state index contributed by atoms with van der Waals surface area (Å²) in [4.78, 5) is 47.2. The molecule has 1 heterocycles. The number of rotatable bonds is 8. The van der Waals surface area contributed by atoms with Crippen LogP contribution in [-0.2, 0) is 25.6 Å². The van der Waals surface area contributed by atoms with E-state index in [0.29, 0.717) is 0 Å². The number of imidazole rings is 1. The van der Waals surface area contributed by atoms with E-state index in [1.54, 1.807) is 6.20 Å². The number of nitrogens with one attached hydrogen (secondary N) is 1. The number of aromatic amines is 1.